The quantitative estimate of drug-likeness (QED) is 0.826. The van der Waals surface area contributed by atoms with E-state index < -0.39 is 5.97 Å². The molecule has 0 amide bonds. The lowest BCUT2D eigenvalue weighted by atomic mass is 9.49. The van der Waals surface area contributed by atoms with Crippen molar-refractivity contribution < 1.29 is 9.90 Å². The van der Waals surface area contributed by atoms with Gasteiger partial charge in [-0.15, -0.1) is 0 Å². The van der Waals surface area contributed by atoms with E-state index in [4.69, 9.17) is 0 Å². The summed E-state index contributed by atoms with van der Waals surface area (Å²) in [7, 11) is 0. The maximum Gasteiger partial charge on any atom is 0.303 e. The summed E-state index contributed by atoms with van der Waals surface area (Å²) >= 11 is 0. The van der Waals surface area contributed by atoms with Gasteiger partial charge in [-0.1, -0.05) is 0 Å². The van der Waals surface area contributed by atoms with Crippen molar-refractivity contribution in [3.63, 3.8) is 0 Å². The summed E-state index contributed by atoms with van der Waals surface area (Å²) in [6.45, 7) is 0. The molecule has 0 aliphatic heterocycles. The maximum absolute atomic E-state index is 11.2. The molecule has 0 aromatic rings. The molecule has 5 saturated carbocycles. The van der Waals surface area contributed by atoms with Gasteiger partial charge >= 0.3 is 5.97 Å². The second kappa shape index (κ2) is 3.98. The van der Waals surface area contributed by atoms with Crippen LogP contribution in [0, 0.1) is 41.4 Å². The zero-order valence-electron chi connectivity index (χ0n) is 11.1. The van der Waals surface area contributed by atoms with E-state index in [1.165, 1.54) is 44.9 Å². The number of hydrogen-bond donors (Lipinski definition) is 1. The molecule has 0 heterocycles. The average Bonchev–Trinajstić information content (AvgIpc) is 3.08. The van der Waals surface area contributed by atoms with Crippen LogP contribution >= 0.6 is 0 Å². The first-order chi connectivity index (χ1) is 8.70. The van der Waals surface area contributed by atoms with Crippen LogP contribution in [0.4, 0.5) is 0 Å². The van der Waals surface area contributed by atoms with Gasteiger partial charge in [-0.2, -0.15) is 0 Å². The van der Waals surface area contributed by atoms with E-state index in [1.807, 2.05) is 0 Å². The fourth-order valence-corrected chi connectivity index (χ4v) is 6.01. The molecule has 1 N–H and O–H groups in total. The molecule has 100 valence electrons. The standard InChI is InChI=1S/C16H24O2/c17-15(18)8-14(11-1-2-11)16-12-4-9-3-10(6-12)7-13(16)5-9/h9-14,16H,1-8H2,(H,17,18). The van der Waals surface area contributed by atoms with E-state index in [0.29, 0.717) is 12.3 Å². The molecule has 2 nitrogen and oxygen atoms in total. The molecule has 1 atom stereocenters. The smallest absolute Gasteiger partial charge is 0.303 e. The predicted octanol–water partition coefficient (Wildman–Crippen LogP) is 3.56. The number of carboxylic acid groups (broad SMARTS) is 1. The van der Waals surface area contributed by atoms with Crippen LogP contribution < -0.4 is 0 Å². The summed E-state index contributed by atoms with van der Waals surface area (Å²) in [5, 5.41) is 9.22. The second-order valence-corrected chi connectivity index (χ2v) is 7.61. The van der Waals surface area contributed by atoms with Gasteiger partial charge in [0, 0.05) is 6.42 Å². The van der Waals surface area contributed by atoms with Gasteiger partial charge in [0.25, 0.3) is 0 Å². The van der Waals surface area contributed by atoms with Gasteiger partial charge in [0.15, 0.2) is 0 Å². The molecule has 5 fully saturated rings. The third-order valence-electron chi connectivity index (χ3n) is 6.43. The Hall–Kier alpha value is -0.530. The molecule has 5 rings (SSSR count). The van der Waals surface area contributed by atoms with Crippen molar-refractivity contribution in [3.8, 4) is 0 Å². The summed E-state index contributed by atoms with van der Waals surface area (Å²) in [4.78, 5) is 11.2. The second-order valence-electron chi connectivity index (χ2n) is 7.61. The van der Waals surface area contributed by atoms with Gasteiger partial charge in [0.1, 0.15) is 0 Å². The number of hydrogen-bond acceptors (Lipinski definition) is 1. The molecule has 18 heavy (non-hydrogen) atoms. The average molecular weight is 248 g/mol. The first kappa shape index (κ1) is 11.3. The lowest BCUT2D eigenvalue weighted by Crippen LogP contribution is -2.48. The third-order valence-corrected chi connectivity index (χ3v) is 6.43. The lowest BCUT2D eigenvalue weighted by Gasteiger charge is -2.56. The summed E-state index contributed by atoms with van der Waals surface area (Å²) in [5.74, 6) is 5.32. The van der Waals surface area contributed by atoms with Gasteiger partial charge in [-0.3, -0.25) is 4.79 Å². The van der Waals surface area contributed by atoms with Gasteiger partial charge < -0.3 is 5.11 Å². The Morgan fingerprint density at radius 3 is 2.00 bits per heavy atom. The molecule has 0 radical (unpaired) electrons. The lowest BCUT2D eigenvalue weighted by molar-refractivity contribution is -0.141. The highest BCUT2D eigenvalue weighted by Gasteiger charge is 2.53. The van der Waals surface area contributed by atoms with Crippen LogP contribution in [-0.2, 0) is 4.79 Å². The summed E-state index contributed by atoms with van der Waals surface area (Å²) in [5.41, 5.74) is 0. The summed E-state index contributed by atoms with van der Waals surface area (Å²) < 4.78 is 0. The fourth-order valence-electron chi connectivity index (χ4n) is 6.01. The largest absolute Gasteiger partial charge is 0.481 e. The third kappa shape index (κ3) is 1.80. The van der Waals surface area contributed by atoms with E-state index in [0.717, 1.165) is 35.5 Å². The van der Waals surface area contributed by atoms with Crippen molar-refractivity contribution in [2.75, 3.05) is 0 Å². The van der Waals surface area contributed by atoms with E-state index >= 15 is 0 Å². The highest BCUT2D eigenvalue weighted by atomic mass is 16.4. The van der Waals surface area contributed by atoms with Crippen LogP contribution in [0.25, 0.3) is 0 Å². The molecule has 0 spiro atoms. The van der Waals surface area contributed by atoms with Crippen molar-refractivity contribution in [3.05, 3.63) is 0 Å². The SMILES string of the molecule is O=C(O)CC(C1CC1)C1C2CC3CC(C2)CC1C3. The highest BCUT2D eigenvalue weighted by molar-refractivity contribution is 5.67. The van der Waals surface area contributed by atoms with E-state index in [9.17, 15) is 9.90 Å². The molecular formula is C16H24O2. The molecule has 0 saturated heterocycles. The van der Waals surface area contributed by atoms with E-state index in [2.05, 4.69) is 0 Å². The van der Waals surface area contributed by atoms with E-state index in [-0.39, 0.29) is 0 Å². The van der Waals surface area contributed by atoms with Crippen molar-refractivity contribution >= 4 is 5.97 Å². The molecule has 5 aliphatic rings. The first-order valence-electron chi connectivity index (χ1n) is 7.92. The first-order valence-corrected chi connectivity index (χ1v) is 7.92. The number of aliphatic carboxylic acids is 1. The van der Waals surface area contributed by atoms with E-state index in [1.54, 1.807) is 0 Å². The predicted molar refractivity (Wildman–Crippen MR) is 69.0 cm³/mol. The molecule has 5 aliphatic carbocycles. The zero-order valence-corrected chi connectivity index (χ0v) is 11.1. The Kier molecular flexibility index (Phi) is 2.50. The van der Waals surface area contributed by atoms with Gasteiger partial charge in [0.05, 0.1) is 0 Å². The van der Waals surface area contributed by atoms with Gasteiger partial charge in [0.2, 0.25) is 0 Å². The van der Waals surface area contributed by atoms with Crippen molar-refractivity contribution in [1.82, 2.24) is 0 Å². The molecule has 0 aromatic heterocycles. The van der Waals surface area contributed by atoms with Crippen LogP contribution in [0.5, 0.6) is 0 Å². The molecule has 2 heteroatoms. The minimum atomic E-state index is -0.555. The van der Waals surface area contributed by atoms with Gasteiger partial charge in [-0.05, 0) is 86.4 Å². The fraction of sp³-hybridized carbons (Fsp3) is 0.938. The van der Waals surface area contributed by atoms with Crippen LogP contribution in [0.3, 0.4) is 0 Å². The van der Waals surface area contributed by atoms with Crippen molar-refractivity contribution in [1.29, 1.82) is 0 Å². The minimum Gasteiger partial charge on any atom is -0.481 e. The maximum atomic E-state index is 11.2. The van der Waals surface area contributed by atoms with Crippen LogP contribution in [0.2, 0.25) is 0 Å². The monoisotopic (exact) mass is 248 g/mol. The number of carboxylic acids is 1. The van der Waals surface area contributed by atoms with Crippen LogP contribution in [0.1, 0.15) is 51.4 Å². The Labute approximate surface area is 109 Å². The molecule has 1 unspecified atom stereocenters. The van der Waals surface area contributed by atoms with Crippen molar-refractivity contribution in [2.24, 2.45) is 41.4 Å². The molecule has 0 aromatic carbocycles. The Balaban J connectivity index is 1.57. The molecule has 4 bridgehead atoms. The Morgan fingerprint density at radius 2 is 1.56 bits per heavy atom. The topological polar surface area (TPSA) is 37.3 Å². The Morgan fingerprint density at radius 1 is 1.00 bits per heavy atom. The zero-order chi connectivity index (χ0) is 12.3. The minimum absolute atomic E-state index is 0.456. The number of carbonyl (C=O) groups is 1. The van der Waals surface area contributed by atoms with Crippen LogP contribution in [0.15, 0.2) is 0 Å². The summed E-state index contributed by atoms with van der Waals surface area (Å²) in [6.07, 6.45) is 10.3. The highest BCUT2D eigenvalue weighted by Crippen LogP contribution is 2.61. The molecular weight excluding hydrogens is 224 g/mol. The number of rotatable bonds is 4. The summed E-state index contributed by atoms with van der Waals surface area (Å²) in [6, 6.07) is 0. The normalized spacial score (nSPS) is 47.2. The Bertz CT molecular complexity index is 330. The van der Waals surface area contributed by atoms with Crippen molar-refractivity contribution in [2.45, 2.75) is 51.4 Å². The van der Waals surface area contributed by atoms with Gasteiger partial charge in [-0.25, -0.2) is 0 Å². The van der Waals surface area contributed by atoms with Crippen LogP contribution in [-0.4, -0.2) is 11.1 Å².